The van der Waals surface area contributed by atoms with Crippen LogP contribution in [0, 0.1) is 5.82 Å². The molecule has 2 heterocycles. The molecule has 0 aliphatic heterocycles. The van der Waals surface area contributed by atoms with Gasteiger partial charge in [0.05, 0.1) is 4.88 Å². The van der Waals surface area contributed by atoms with Gasteiger partial charge in [0.15, 0.2) is 11.0 Å². The molecule has 0 atom stereocenters. The van der Waals surface area contributed by atoms with E-state index in [-0.39, 0.29) is 5.82 Å². The van der Waals surface area contributed by atoms with Crippen molar-refractivity contribution in [3.8, 4) is 10.7 Å². The summed E-state index contributed by atoms with van der Waals surface area (Å²) in [5.41, 5.74) is 0.686. The zero-order valence-corrected chi connectivity index (χ0v) is 13.1. The molecular formula is C15H14FN3S2. The van der Waals surface area contributed by atoms with Crippen LogP contribution in [-0.4, -0.2) is 14.8 Å². The van der Waals surface area contributed by atoms with Crippen molar-refractivity contribution in [2.24, 2.45) is 0 Å². The highest BCUT2D eigenvalue weighted by atomic mass is 32.2. The lowest BCUT2D eigenvalue weighted by Crippen LogP contribution is -1.99. The topological polar surface area (TPSA) is 30.7 Å². The van der Waals surface area contributed by atoms with Crippen LogP contribution in [0.15, 0.2) is 46.9 Å². The van der Waals surface area contributed by atoms with Crippen molar-refractivity contribution >= 4 is 23.1 Å². The number of aromatic nitrogens is 3. The molecule has 21 heavy (non-hydrogen) atoms. The maximum absolute atomic E-state index is 13.6. The molecule has 0 radical (unpaired) electrons. The van der Waals surface area contributed by atoms with Crippen molar-refractivity contribution in [1.29, 1.82) is 0 Å². The zero-order valence-electron chi connectivity index (χ0n) is 11.5. The Morgan fingerprint density at radius 2 is 2.05 bits per heavy atom. The van der Waals surface area contributed by atoms with Crippen LogP contribution in [0.25, 0.3) is 10.7 Å². The highest BCUT2D eigenvalue weighted by Gasteiger charge is 2.14. The summed E-state index contributed by atoms with van der Waals surface area (Å²) in [7, 11) is 0. The first-order chi connectivity index (χ1) is 10.3. The monoisotopic (exact) mass is 319 g/mol. The Balaban J connectivity index is 1.82. The fourth-order valence-corrected chi connectivity index (χ4v) is 3.73. The maximum Gasteiger partial charge on any atom is 0.191 e. The van der Waals surface area contributed by atoms with E-state index in [1.165, 1.54) is 17.8 Å². The number of nitrogens with zero attached hydrogens (tertiary/aromatic N) is 3. The molecule has 0 N–H and O–H groups in total. The molecule has 0 saturated heterocycles. The Morgan fingerprint density at radius 1 is 1.19 bits per heavy atom. The quantitative estimate of drug-likeness (QED) is 0.651. The molecule has 2 aromatic heterocycles. The van der Waals surface area contributed by atoms with Crippen LogP contribution in [0.4, 0.5) is 4.39 Å². The molecule has 3 rings (SSSR count). The number of hydrogen-bond acceptors (Lipinski definition) is 4. The molecule has 1 aromatic carbocycles. The highest BCUT2D eigenvalue weighted by Crippen LogP contribution is 2.29. The van der Waals surface area contributed by atoms with Gasteiger partial charge in [0.25, 0.3) is 0 Å². The van der Waals surface area contributed by atoms with Gasteiger partial charge in [-0.15, -0.1) is 21.5 Å². The second kappa shape index (κ2) is 6.41. The normalized spacial score (nSPS) is 11.0. The van der Waals surface area contributed by atoms with Gasteiger partial charge in [-0.3, -0.25) is 0 Å². The van der Waals surface area contributed by atoms with Gasteiger partial charge >= 0.3 is 0 Å². The summed E-state index contributed by atoms with van der Waals surface area (Å²) < 4.78 is 15.7. The lowest BCUT2D eigenvalue weighted by molar-refractivity contribution is 0.617. The van der Waals surface area contributed by atoms with Crippen LogP contribution in [-0.2, 0) is 12.3 Å². The summed E-state index contributed by atoms with van der Waals surface area (Å²) in [5.74, 6) is 1.25. The van der Waals surface area contributed by atoms with Gasteiger partial charge in [0, 0.05) is 12.3 Å². The molecule has 108 valence electrons. The maximum atomic E-state index is 13.6. The fraction of sp³-hybridized carbons (Fsp3) is 0.200. The first kappa shape index (κ1) is 14.3. The van der Waals surface area contributed by atoms with E-state index < -0.39 is 0 Å². The van der Waals surface area contributed by atoms with Crippen molar-refractivity contribution in [3.63, 3.8) is 0 Å². The van der Waals surface area contributed by atoms with Crippen molar-refractivity contribution in [2.45, 2.75) is 24.4 Å². The summed E-state index contributed by atoms with van der Waals surface area (Å²) >= 11 is 3.15. The molecular weight excluding hydrogens is 305 g/mol. The molecule has 0 aliphatic rings. The number of thiophene rings is 1. The van der Waals surface area contributed by atoms with Crippen LogP contribution >= 0.6 is 23.1 Å². The third-order valence-corrected chi connectivity index (χ3v) is 4.97. The number of hydrogen-bond donors (Lipinski definition) is 0. The summed E-state index contributed by atoms with van der Waals surface area (Å²) in [5, 5.41) is 11.4. The van der Waals surface area contributed by atoms with E-state index in [0.717, 1.165) is 22.4 Å². The minimum Gasteiger partial charge on any atom is -0.302 e. The second-order valence-electron chi connectivity index (χ2n) is 4.41. The third kappa shape index (κ3) is 3.01. The van der Waals surface area contributed by atoms with Gasteiger partial charge in [0.2, 0.25) is 0 Å². The number of benzene rings is 1. The van der Waals surface area contributed by atoms with Crippen LogP contribution in [0.1, 0.15) is 12.5 Å². The van der Waals surface area contributed by atoms with Crippen LogP contribution in [0.5, 0.6) is 0 Å². The molecule has 0 bridgehead atoms. The van der Waals surface area contributed by atoms with Crippen LogP contribution < -0.4 is 0 Å². The summed E-state index contributed by atoms with van der Waals surface area (Å²) in [4.78, 5) is 1.10. The van der Waals surface area contributed by atoms with Gasteiger partial charge < -0.3 is 4.57 Å². The Labute approximate surface area is 130 Å². The van der Waals surface area contributed by atoms with Gasteiger partial charge in [-0.25, -0.2) is 4.39 Å². The van der Waals surface area contributed by atoms with E-state index in [4.69, 9.17) is 0 Å². The van der Waals surface area contributed by atoms with Gasteiger partial charge in [-0.2, -0.15) is 0 Å². The molecule has 0 amide bonds. The predicted octanol–water partition coefficient (Wildman–Crippen LogP) is 4.46. The largest absolute Gasteiger partial charge is 0.302 e. The van der Waals surface area contributed by atoms with Gasteiger partial charge in [-0.05, 0) is 30.0 Å². The standard InChI is InChI=1S/C15H14FN3S2/c1-2-19-14(13-8-5-9-20-13)17-18-15(19)21-10-11-6-3-4-7-12(11)16/h3-9H,2,10H2,1H3. The minimum absolute atomic E-state index is 0.175. The van der Waals surface area contributed by atoms with Gasteiger partial charge in [0.1, 0.15) is 5.82 Å². The molecule has 6 heteroatoms. The summed E-state index contributed by atoms with van der Waals surface area (Å²) in [6.07, 6.45) is 0. The minimum atomic E-state index is -0.175. The van der Waals surface area contributed by atoms with E-state index in [2.05, 4.69) is 21.7 Å². The van der Waals surface area contributed by atoms with Gasteiger partial charge in [-0.1, -0.05) is 36.0 Å². The number of thioether (sulfide) groups is 1. The van der Waals surface area contributed by atoms with E-state index in [9.17, 15) is 4.39 Å². The number of halogens is 1. The van der Waals surface area contributed by atoms with Crippen molar-refractivity contribution in [2.75, 3.05) is 0 Å². The number of rotatable bonds is 5. The first-order valence-corrected chi connectivity index (χ1v) is 8.49. The Morgan fingerprint density at radius 3 is 2.76 bits per heavy atom. The Bertz CT molecular complexity index is 722. The van der Waals surface area contributed by atoms with Crippen molar-refractivity contribution in [3.05, 3.63) is 53.2 Å². The molecule has 3 nitrogen and oxygen atoms in total. The van der Waals surface area contributed by atoms with Crippen LogP contribution in [0.2, 0.25) is 0 Å². The molecule has 0 saturated carbocycles. The lowest BCUT2D eigenvalue weighted by atomic mass is 10.2. The van der Waals surface area contributed by atoms with Crippen LogP contribution in [0.3, 0.4) is 0 Å². The summed E-state index contributed by atoms with van der Waals surface area (Å²) in [6, 6.07) is 10.9. The summed E-state index contributed by atoms with van der Waals surface area (Å²) in [6.45, 7) is 2.85. The zero-order chi connectivity index (χ0) is 14.7. The average molecular weight is 319 g/mol. The Kier molecular flexibility index (Phi) is 4.36. The molecule has 0 unspecified atom stereocenters. The fourth-order valence-electron chi connectivity index (χ4n) is 2.03. The third-order valence-electron chi connectivity index (χ3n) is 3.09. The second-order valence-corrected chi connectivity index (χ2v) is 6.30. The molecule has 0 fully saturated rings. The van der Waals surface area contributed by atoms with E-state index in [1.54, 1.807) is 23.5 Å². The highest BCUT2D eigenvalue weighted by molar-refractivity contribution is 7.98. The Hall–Kier alpha value is -1.66. The van der Waals surface area contributed by atoms with E-state index in [1.807, 2.05) is 23.6 Å². The van der Waals surface area contributed by atoms with E-state index in [0.29, 0.717) is 11.3 Å². The molecule has 0 spiro atoms. The lowest BCUT2D eigenvalue weighted by Gasteiger charge is -2.06. The molecule has 0 aliphatic carbocycles. The van der Waals surface area contributed by atoms with Crippen molar-refractivity contribution in [1.82, 2.24) is 14.8 Å². The predicted molar refractivity (Wildman–Crippen MR) is 85.0 cm³/mol. The van der Waals surface area contributed by atoms with E-state index >= 15 is 0 Å². The SMILES string of the molecule is CCn1c(SCc2ccccc2F)nnc1-c1cccs1. The molecule has 3 aromatic rings. The average Bonchev–Trinajstić information content (AvgIpc) is 3.15. The first-order valence-electron chi connectivity index (χ1n) is 6.63. The van der Waals surface area contributed by atoms with Crippen molar-refractivity contribution < 1.29 is 4.39 Å². The smallest absolute Gasteiger partial charge is 0.191 e.